The summed E-state index contributed by atoms with van der Waals surface area (Å²) >= 11 is 5.74. The molecule has 2 aromatic rings. The van der Waals surface area contributed by atoms with Crippen LogP contribution in [0.2, 0.25) is 5.02 Å². The molecule has 1 fully saturated rings. The summed E-state index contributed by atoms with van der Waals surface area (Å²) in [5, 5.41) is 10.3. The molecule has 1 aliphatic heterocycles. The Bertz CT molecular complexity index is 701. The second kappa shape index (κ2) is 7.06. The van der Waals surface area contributed by atoms with Crippen molar-refractivity contribution in [3.05, 3.63) is 40.9 Å². The number of carbonyl (C=O) groups is 1. The third-order valence-electron chi connectivity index (χ3n) is 3.68. The summed E-state index contributed by atoms with van der Waals surface area (Å²) in [6.45, 7) is 1.29. The number of rotatable bonds is 5. The van der Waals surface area contributed by atoms with Crippen LogP contribution in [0.3, 0.4) is 0 Å². The summed E-state index contributed by atoms with van der Waals surface area (Å²) < 4.78 is 20.6. The van der Waals surface area contributed by atoms with Gasteiger partial charge in [0.2, 0.25) is 0 Å². The fourth-order valence-electron chi connectivity index (χ4n) is 2.46. The van der Waals surface area contributed by atoms with Crippen LogP contribution in [-0.2, 0) is 4.74 Å². The molecular weight excluding hydrogens is 323 g/mol. The van der Waals surface area contributed by atoms with E-state index >= 15 is 0 Å². The van der Waals surface area contributed by atoms with Gasteiger partial charge in [0.1, 0.15) is 5.69 Å². The van der Waals surface area contributed by atoms with Gasteiger partial charge >= 0.3 is 0 Å². The van der Waals surface area contributed by atoms with Crippen molar-refractivity contribution in [2.45, 2.75) is 25.4 Å². The number of benzene rings is 1. The fourth-order valence-corrected chi connectivity index (χ4v) is 2.63. The van der Waals surface area contributed by atoms with E-state index in [2.05, 4.69) is 15.6 Å². The normalized spacial score (nSPS) is 17.4. The molecule has 0 spiro atoms. The summed E-state index contributed by atoms with van der Waals surface area (Å²) in [7, 11) is 0. The molecule has 1 aliphatic rings. The highest BCUT2D eigenvalue weighted by molar-refractivity contribution is 6.30. The zero-order valence-corrected chi connectivity index (χ0v) is 13.1. The predicted octanol–water partition coefficient (Wildman–Crippen LogP) is 2.36. The van der Waals surface area contributed by atoms with E-state index in [1.807, 2.05) is 0 Å². The van der Waals surface area contributed by atoms with E-state index in [9.17, 15) is 9.18 Å². The average Bonchev–Trinajstić information content (AvgIpc) is 3.21. The SMILES string of the molecule is O=C(NCC[C@H]1CCCO1)c1cn(-c2cccc(Cl)c2F)nn1. The van der Waals surface area contributed by atoms with Crippen molar-refractivity contribution in [1.29, 1.82) is 0 Å². The van der Waals surface area contributed by atoms with Gasteiger partial charge in [0, 0.05) is 13.2 Å². The number of nitrogens with zero attached hydrogens (tertiary/aromatic N) is 3. The van der Waals surface area contributed by atoms with Crippen LogP contribution in [0.15, 0.2) is 24.4 Å². The maximum atomic E-state index is 13.9. The van der Waals surface area contributed by atoms with Gasteiger partial charge in [0.15, 0.2) is 11.5 Å². The van der Waals surface area contributed by atoms with Crippen molar-refractivity contribution in [3.63, 3.8) is 0 Å². The van der Waals surface area contributed by atoms with Gasteiger partial charge < -0.3 is 10.1 Å². The summed E-state index contributed by atoms with van der Waals surface area (Å²) in [4.78, 5) is 12.0. The van der Waals surface area contributed by atoms with Crippen LogP contribution in [-0.4, -0.2) is 40.2 Å². The predicted molar refractivity (Wildman–Crippen MR) is 82.3 cm³/mol. The molecule has 0 radical (unpaired) electrons. The first-order valence-electron chi connectivity index (χ1n) is 7.41. The van der Waals surface area contributed by atoms with Crippen molar-refractivity contribution in [2.75, 3.05) is 13.2 Å². The Morgan fingerprint density at radius 3 is 3.17 bits per heavy atom. The first-order valence-corrected chi connectivity index (χ1v) is 7.79. The first-order chi connectivity index (χ1) is 11.1. The van der Waals surface area contributed by atoms with E-state index in [0.717, 1.165) is 25.9 Å². The number of amides is 1. The zero-order valence-electron chi connectivity index (χ0n) is 12.3. The minimum atomic E-state index is -0.607. The van der Waals surface area contributed by atoms with Gasteiger partial charge in [-0.25, -0.2) is 9.07 Å². The van der Waals surface area contributed by atoms with Gasteiger partial charge in [-0.15, -0.1) is 5.10 Å². The third-order valence-corrected chi connectivity index (χ3v) is 3.97. The maximum absolute atomic E-state index is 13.9. The molecule has 0 saturated carbocycles. The van der Waals surface area contributed by atoms with Gasteiger partial charge in [0.05, 0.1) is 17.3 Å². The minimum absolute atomic E-state index is 0.0134. The molecule has 1 N–H and O–H groups in total. The van der Waals surface area contributed by atoms with Gasteiger partial charge in [0.25, 0.3) is 5.91 Å². The quantitative estimate of drug-likeness (QED) is 0.908. The number of nitrogens with one attached hydrogen (secondary N) is 1. The molecule has 0 bridgehead atoms. The lowest BCUT2D eigenvalue weighted by Gasteiger charge is -2.08. The summed E-state index contributed by atoms with van der Waals surface area (Å²) in [5.41, 5.74) is 0.264. The topological polar surface area (TPSA) is 69.0 Å². The lowest BCUT2D eigenvalue weighted by atomic mass is 10.2. The summed E-state index contributed by atoms with van der Waals surface area (Å²) in [5.74, 6) is -0.957. The zero-order chi connectivity index (χ0) is 16.2. The van der Waals surface area contributed by atoms with Gasteiger partial charge in [-0.3, -0.25) is 4.79 Å². The number of aromatic nitrogens is 3. The fraction of sp³-hybridized carbons (Fsp3) is 0.400. The molecule has 122 valence electrons. The molecule has 1 saturated heterocycles. The van der Waals surface area contributed by atoms with Crippen molar-refractivity contribution in [3.8, 4) is 5.69 Å². The number of carbonyl (C=O) groups excluding carboxylic acids is 1. The summed E-state index contributed by atoms with van der Waals surface area (Å²) in [6.07, 6.45) is 4.45. The standard InChI is InChI=1S/C15H16ClFN4O2/c16-11-4-1-5-13(14(11)17)21-9-12(19-20-21)15(22)18-7-6-10-3-2-8-23-10/h1,4-5,9-10H,2-3,6-8H2,(H,18,22)/t10-/m1/s1. The largest absolute Gasteiger partial charge is 0.378 e. The van der Waals surface area contributed by atoms with Crippen LogP contribution in [0.25, 0.3) is 5.69 Å². The highest BCUT2D eigenvalue weighted by atomic mass is 35.5. The molecule has 2 heterocycles. The van der Waals surface area contributed by atoms with Gasteiger partial charge in [-0.05, 0) is 31.4 Å². The van der Waals surface area contributed by atoms with E-state index in [1.54, 1.807) is 6.07 Å². The van der Waals surface area contributed by atoms with Crippen LogP contribution >= 0.6 is 11.6 Å². The first kappa shape index (κ1) is 15.9. The molecule has 8 heteroatoms. The van der Waals surface area contributed by atoms with Crippen LogP contribution in [0, 0.1) is 5.82 Å². The average molecular weight is 339 g/mol. The van der Waals surface area contributed by atoms with Crippen molar-refractivity contribution in [2.24, 2.45) is 0 Å². The Balaban J connectivity index is 1.61. The Kier molecular flexibility index (Phi) is 4.88. The molecule has 0 aliphatic carbocycles. The highest BCUT2D eigenvalue weighted by Crippen LogP contribution is 2.20. The van der Waals surface area contributed by atoms with Crippen LogP contribution in [0.5, 0.6) is 0 Å². The lowest BCUT2D eigenvalue weighted by Crippen LogP contribution is -2.27. The number of hydrogen-bond acceptors (Lipinski definition) is 4. The van der Waals surface area contributed by atoms with Gasteiger partial charge in [-0.2, -0.15) is 0 Å². The molecule has 23 heavy (non-hydrogen) atoms. The van der Waals surface area contributed by atoms with Crippen molar-refractivity contribution >= 4 is 17.5 Å². The van der Waals surface area contributed by atoms with Crippen LogP contribution in [0.4, 0.5) is 4.39 Å². The molecule has 6 nitrogen and oxygen atoms in total. The maximum Gasteiger partial charge on any atom is 0.273 e. The second-order valence-corrected chi connectivity index (χ2v) is 5.71. The monoisotopic (exact) mass is 338 g/mol. The smallest absolute Gasteiger partial charge is 0.273 e. The van der Waals surface area contributed by atoms with Gasteiger partial charge in [-0.1, -0.05) is 22.9 Å². The molecule has 1 atom stereocenters. The number of hydrogen-bond donors (Lipinski definition) is 1. The molecule has 3 rings (SSSR count). The second-order valence-electron chi connectivity index (χ2n) is 5.30. The minimum Gasteiger partial charge on any atom is -0.378 e. The van der Waals surface area contributed by atoms with Crippen LogP contribution in [0.1, 0.15) is 29.8 Å². The van der Waals surface area contributed by atoms with E-state index in [0.29, 0.717) is 6.54 Å². The van der Waals surface area contributed by atoms with E-state index in [1.165, 1.54) is 23.0 Å². The van der Waals surface area contributed by atoms with E-state index < -0.39 is 5.82 Å². The Hall–Kier alpha value is -1.99. The number of ether oxygens (including phenoxy) is 1. The molecule has 0 unspecified atom stereocenters. The van der Waals surface area contributed by atoms with Crippen LogP contribution < -0.4 is 5.32 Å². The van der Waals surface area contributed by atoms with Crippen molar-refractivity contribution < 1.29 is 13.9 Å². The van der Waals surface area contributed by atoms with E-state index in [4.69, 9.17) is 16.3 Å². The molecule has 1 amide bonds. The summed E-state index contributed by atoms with van der Waals surface area (Å²) in [6, 6.07) is 4.55. The van der Waals surface area contributed by atoms with E-state index in [-0.39, 0.29) is 28.4 Å². The molecule has 1 aromatic carbocycles. The third kappa shape index (κ3) is 3.68. The highest BCUT2D eigenvalue weighted by Gasteiger charge is 2.17. The number of halogens is 2. The Morgan fingerprint density at radius 2 is 2.39 bits per heavy atom. The lowest BCUT2D eigenvalue weighted by molar-refractivity contribution is 0.0903. The Morgan fingerprint density at radius 1 is 1.52 bits per heavy atom. The molecular formula is C15H16ClFN4O2. The molecule has 1 aromatic heterocycles. The Labute approximate surface area is 137 Å². The van der Waals surface area contributed by atoms with Crippen molar-refractivity contribution in [1.82, 2.24) is 20.3 Å².